The number of hydrogen-bond acceptors (Lipinski definition) is 4. The van der Waals surface area contributed by atoms with Gasteiger partial charge < -0.3 is 0 Å². The number of alkyl halides is 5. The van der Waals surface area contributed by atoms with Gasteiger partial charge >= 0.3 is 6.18 Å². The number of benzene rings is 1. The van der Waals surface area contributed by atoms with Crippen LogP contribution in [0.1, 0.15) is 82.3 Å². The molecule has 9 heteroatoms. The summed E-state index contributed by atoms with van der Waals surface area (Å²) in [4.78, 5) is 4.66. The van der Waals surface area contributed by atoms with Gasteiger partial charge in [0.15, 0.2) is 0 Å². The third-order valence-corrected chi connectivity index (χ3v) is 7.30. The molecule has 1 heterocycles. The standard InChI is InChI=1S/C26H31F5N2S2/c1-2-3-4-5-6-7-8-9-10-11-16-34-24-21(18-32)22(26(29,30)31)17-23(33-24)19-12-14-20(15-13-19)35-25(27)28/h12-15,17,25H,2-11,16H2,1H3. The molecule has 0 fully saturated rings. The van der Waals surface area contributed by atoms with Crippen LogP contribution in [-0.2, 0) is 6.18 Å². The Bertz CT molecular complexity index is 940. The van der Waals surface area contributed by atoms with E-state index in [4.69, 9.17) is 0 Å². The van der Waals surface area contributed by atoms with Crippen molar-refractivity contribution >= 4 is 23.5 Å². The number of halogens is 5. The fourth-order valence-electron chi connectivity index (χ4n) is 3.67. The molecule has 0 bridgehead atoms. The van der Waals surface area contributed by atoms with Gasteiger partial charge in [0.25, 0.3) is 5.76 Å². The van der Waals surface area contributed by atoms with Gasteiger partial charge in [-0.05, 0) is 30.4 Å². The van der Waals surface area contributed by atoms with Crippen molar-refractivity contribution in [2.24, 2.45) is 0 Å². The lowest BCUT2D eigenvalue weighted by Gasteiger charge is -2.14. The molecule has 2 aromatic rings. The van der Waals surface area contributed by atoms with Gasteiger partial charge in [0.1, 0.15) is 11.1 Å². The molecule has 0 N–H and O–H groups in total. The first-order valence-corrected chi connectivity index (χ1v) is 13.8. The van der Waals surface area contributed by atoms with E-state index in [1.54, 1.807) is 6.07 Å². The van der Waals surface area contributed by atoms with E-state index < -0.39 is 23.1 Å². The maximum atomic E-state index is 13.7. The molecule has 0 aliphatic carbocycles. The Kier molecular flexibility index (Phi) is 12.9. The van der Waals surface area contributed by atoms with Gasteiger partial charge in [-0.3, -0.25) is 0 Å². The summed E-state index contributed by atoms with van der Waals surface area (Å²) in [5, 5.41) is 9.50. The van der Waals surface area contributed by atoms with E-state index in [0.29, 0.717) is 28.0 Å². The molecule has 0 saturated carbocycles. The minimum Gasteiger partial charge on any atom is -0.240 e. The maximum absolute atomic E-state index is 13.7. The van der Waals surface area contributed by atoms with Gasteiger partial charge in [0.05, 0.1) is 16.8 Å². The molecule has 35 heavy (non-hydrogen) atoms. The highest BCUT2D eigenvalue weighted by Crippen LogP contribution is 2.38. The summed E-state index contributed by atoms with van der Waals surface area (Å²) in [6, 6.07) is 8.33. The Morgan fingerprint density at radius 2 is 1.49 bits per heavy atom. The van der Waals surface area contributed by atoms with Crippen molar-refractivity contribution in [3.63, 3.8) is 0 Å². The van der Waals surface area contributed by atoms with Crippen molar-refractivity contribution in [1.82, 2.24) is 4.98 Å². The quantitative estimate of drug-likeness (QED) is 0.130. The summed E-state index contributed by atoms with van der Waals surface area (Å²) >= 11 is 1.53. The Morgan fingerprint density at radius 1 is 0.914 bits per heavy atom. The summed E-state index contributed by atoms with van der Waals surface area (Å²) in [7, 11) is 0. The number of pyridine rings is 1. The van der Waals surface area contributed by atoms with E-state index >= 15 is 0 Å². The first kappa shape index (κ1) is 29.4. The summed E-state index contributed by atoms with van der Waals surface area (Å²) < 4.78 is 66.2. The van der Waals surface area contributed by atoms with E-state index in [1.165, 1.54) is 62.8 Å². The van der Waals surface area contributed by atoms with Crippen LogP contribution in [0.3, 0.4) is 0 Å². The predicted octanol–water partition coefficient (Wildman–Crippen LogP) is 9.97. The molecule has 0 aliphatic heterocycles. The molecule has 1 aromatic heterocycles. The summed E-state index contributed by atoms with van der Waals surface area (Å²) in [5.74, 6) is -2.01. The molecular weight excluding hydrogens is 499 g/mol. The van der Waals surface area contributed by atoms with E-state index in [9.17, 15) is 27.2 Å². The van der Waals surface area contributed by atoms with Crippen LogP contribution < -0.4 is 0 Å². The second kappa shape index (κ2) is 15.4. The zero-order valence-corrected chi connectivity index (χ0v) is 21.5. The lowest BCUT2D eigenvalue weighted by Crippen LogP contribution is -2.10. The largest absolute Gasteiger partial charge is 0.417 e. The van der Waals surface area contributed by atoms with E-state index in [-0.39, 0.29) is 10.7 Å². The van der Waals surface area contributed by atoms with Gasteiger partial charge in [-0.1, -0.05) is 88.6 Å². The molecule has 0 saturated heterocycles. The van der Waals surface area contributed by atoms with Crippen LogP contribution in [-0.4, -0.2) is 16.5 Å². The Morgan fingerprint density at radius 3 is 2.00 bits per heavy atom. The molecule has 2 rings (SSSR count). The minimum absolute atomic E-state index is 0.0549. The van der Waals surface area contributed by atoms with E-state index in [0.717, 1.165) is 43.5 Å². The Hall–Kier alpha value is -1.79. The highest BCUT2D eigenvalue weighted by Gasteiger charge is 2.36. The average Bonchev–Trinajstić information content (AvgIpc) is 2.81. The smallest absolute Gasteiger partial charge is 0.240 e. The highest BCUT2D eigenvalue weighted by atomic mass is 32.2. The van der Waals surface area contributed by atoms with E-state index in [1.807, 2.05) is 0 Å². The fraction of sp³-hybridized carbons (Fsp3) is 0.538. The molecule has 0 atom stereocenters. The zero-order chi connectivity index (χ0) is 25.7. The van der Waals surface area contributed by atoms with Crippen LogP contribution in [0.2, 0.25) is 0 Å². The van der Waals surface area contributed by atoms with Crippen molar-refractivity contribution in [2.75, 3.05) is 5.75 Å². The molecular formula is C26H31F5N2S2. The predicted molar refractivity (Wildman–Crippen MR) is 134 cm³/mol. The summed E-state index contributed by atoms with van der Waals surface area (Å²) in [6.07, 6.45) is 6.91. The average molecular weight is 531 g/mol. The van der Waals surface area contributed by atoms with Gasteiger partial charge in [-0.25, -0.2) is 4.98 Å². The number of thioether (sulfide) groups is 2. The Labute approximate surface area is 213 Å². The van der Waals surface area contributed by atoms with Crippen molar-refractivity contribution in [3.8, 4) is 17.3 Å². The Balaban J connectivity index is 2.02. The molecule has 1 aromatic carbocycles. The zero-order valence-electron chi connectivity index (χ0n) is 19.8. The summed E-state index contributed by atoms with van der Waals surface area (Å²) in [5.41, 5.74) is -1.06. The topological polar surface area (TPSA) is 36.7 Å². The first-order chi connectivity index (χ1) is 16.8. The van der Waals surface area contributed by atoms with Crippen LogP contribution in [0.5, 0.6) is 0 Å². The number of unbranched alkanes of at least 4 members (excludes halogenated alkanes) is 9. The van der Waals surface area contributed by atoms with Crippen molar-refractivity contribution in [1.29, 1.82) is 5.26 Å². The van der Waals surface area contributed by atoms with Crippen LogP contribution in [0.25, 0.3) is 11.3 Å². The van der Waals surface area contributed by atoms with Crippen LogP contribution in [0.15, 0.2) is 40.3 Å². The number of nitrogens with zero attached hydrogens (tertiary/aromatic N) is 2. The normalized spacial score (nSPS) is 11.7. The molecule has 0 radical (unpaired) electrons. The number of aromatic nitrogens is 1. The van der Waals surface area contributed by atoms with Crippen molar-refractivity contribution in [2.45, 2.75) is 93.0 Å². The highest BCUT2D eigenvalue weighted by molar-refractivity contribution is 7.99. The lowest BCUT2D eigenvalue weighted by molar-refractivity contribution is -0.138. The number of hydrogen-bond donors (Lipinski definition) is 0. The van der Waals surface area contributed by atoms with Crippen LogP contribution >= 0.6 is 23.5 Å². The van der Waals surface area contributed by atoms with Gasteiger partial charge in [0, 0.05) is 10.5 Å². The molecule has 0 spiro atoms. The monoisotopic (exact) mass is 530 g/mol. The lowest BCUT2D eigenvalue weighted by atomic mass is 10.1. The van der Waals surface area contributed by atoms with Gasteiger partial charge in [-0.2, -0.15) is 27.2 Å². The molecule has 0 unspecified atom stereocenters. The first-order valence-electron chi connectivity index (χ1n) is 12.0. The molecule has 192 valence electrons. The second-order valence-corrected chi connectivity index (χ2v) is 10.4. The van der Waals surface area contributed by atoms with Crippen molar-refractivity contribution in [3.05, 3.63) is 41.5 Å². The number of nitriles is 1. The maximum Gasteiger partial charge on any atom is 0.417 e. The fourth-order valence-corrected chi connectivity index (χ4v) is 5.17. The molecule has 0 amide bonds. The van der Waals surface area contributed by atoms with Crippen LogP contribution in [0, 0.1) is 11.3 Å². The van der Waals surface area contributed by atoms with Crippen LogP contribution in [0.4, 0.5) is 22.0 Å². The number of rotatable bonds is 15. The SMILES string of the molecule is CCCCCCCCCCCCSc1nc(-c2ccc(SC(F)F)cc2)cc(C(F)(F)F)c1C#N. The minimum atomic E-state index is -4.71. The molecule has 2 nitrogen and oxygen atoms in total. The van der Waals surface area contributed by atoms with Gasteiger partial charge in [-0.15, -0.1) is 11.8 Å². The third kappa shape index (κ3) is 10.4. The van der Waals surface area contributed by atoms with Gasteiger partial charge in [0.2, 0.25) is 0 Å². The van der Waals surface area contributed by atoms with E-state index in [2.05, 4.69) is 11.9 Å². The van der Waals surface area contributed by atoms with Crippen molar-refractivity contribution < 1.29 is 22.0 Å². The molecule has 0 aliphatic rings. The third-order valence-electron chi connectivity index (χ3n) is 5.52. The second-order valence-electron chi connectivity index (χ2n) is 8.28. The summed E-state index contributed by atoms with van der Waals surface area (Å²) in [6.45, 7) is 2.20.